The molecule has 6 heteroatoms. The van der Waals surface area contributed by atoms with Crippen molar-refractivity contribution in [3.8, 4) is 0 Å². The lowest BCUT2D eigenvalue weighted by molar-refractivity contribution is -0.144. The Hall–Kier alpha value is -1.82. The van der Waals surface area contributed by atoms with Crippen molar-refractivity contribution in [3.63, 3.8) is 0 Å². The van der Waals surface area contributed by atoms with E-state index in [1.807, 2.05) is 39.8 Å². The van der Waals surface area contributed by atoms with Gasteiger partial charge in [-0.15, -0.1) is 12.6 Å². The van der Waals surface area contributed by atoms with E-state index >= 15 is 0 Å². The van der Waals surface area contributed by atoms with Crippen LogP contribution in [0.4, 0.5) is 0 Å². The van der Waals surface area contributed by atoms with E-state index in [2.05, 4.69) is 43.7 Å². The molecule has 1 aliphatic rings. The summed E-state index contributed by atoms with van der Waals surface area (Å²) in [5.74, 6) is -0.153. The quantitative estimate of drug-likeness (QED) is 0.688. The van der Waals surface area contributed by atoms with Gasteiger partial charge in [0.05, 0.1) is 11.7 Å². The molecule has 29 heavy (non-hydrogen) atoms. The van der Waals surface area contributed by atoms with Crippen LogP contribution in [-0.2, 0) is 9.59 Å². The summed E-state index contributed by atoms with van der Waals surface area (Å²) in [5, 5.41) is 3.07. The Morgan fingerprint density at radius 3 is 2.41 bits per heavy atom. The first-order valence-corrected chi connectivity index (χ1v) is 10.8. The summed E-state index contributed by atoms with van der Waals surface area (Å²) in [6.45, 7) is 14.7. The van der Waals surface area contributed by atoms with Gasteiger partial charge in [-0.2, -0.15) is 0 Å². The first-order chi connectivity index (χ1) is 13.4. The summed E-state index contributed by atoms with van der Waals surface area (Å²) in [5.41, 5.74) is 2.72. The second kappa shape index (κ2) is 9.33. The third-order valence-corrected chi connectivity index (χ3v) is 6.55. The minimum Gasteiger partial charge on any atom is -0.348 e. The van der Waals surface area contributed by atoms with Crippen molar-refractivity contribution in [1.82, 2.24) is 15.2 Å². The van der Waals surface area contributed by atoms with Crippen LogP contribution in [0.3, 0.4) is 0 Å². The van der Waals surface area contributed by atoms with E-state index in [0.717, 1.165) is 28.2 Å². The predicted molar refractivity (Wildman–Crippen MR) is 121 cm³/mol. The third-order valence-electron chi connectivity index (χ3n) is 5.87. The van der Waals surface area contributed by atoms with Gasteiger partial charge in [-0.25, -0.2) is 0 Å². The number of aromatic nitrogens is 1. The Bertz CT molecular complexity index is 776. The van der Waals surface area contributed by atoms with Crippen molar-refractivity contribution >= 4 is 29.3 Å². The lowest BCUT2D eigenvalue weighted by atomic mass is 9.81. The molecule has 1 aliphatic heterocycles. The molecule has 0 saturated carbocycles. The summed E-state index contributed by atoms with van der Waals surface area (Å²) in [6.07, 6.45) is 3.35. The molecule has 0 aliphatic carbocycles. The molecule has 0 radical (unpaired) electrons. The van der Waals surface area contributed by atoms with Gasteiger partial charge in [0.2, 0.25) is 11.8 Å². The molecule has 1 saturated heterocycles. The Kier molecular flexibility index (Phi) is 7.55. The first kappa shape index (κ1) is 23.5. The Morgan fingerprint density at radius 1 is 1.24 bits per heavy atom. The standard InChI is InChI=1S/C23H35N3O2S/c1-14(2)20(29)18-11-10-17(13-24-18)16(4)25-21(27)19-9-8-12-26(19)22(28)15(3)23(5,6)7/h10-11,13,15-16,19,29H,8-9,12H2,1-7H3,(H,25,27). The number of nitrogens with one attached hydrogen (secondary N) is 1. The van der Waals surface area contributed by atoms with Gasteiger partial charge < -0.3 is 10.2 Å². The van der Waals surface area contributed by atoms with Gasteiger partial charge >= 0.3 is 0 Å². The van der Waals surface area contributed by atoms with Crippen LogP contribution in [0.15, 0.2) is 23.9 Å². The maximum atomic E-state index is 12.9. The van der Waals surface area contributed by atoms with Gasteiger partial charge in [0.15, 0.2) is 0 Å². The number of carbonyl (C=O) groups excluding carboxylic acids is 2. The Labute approximate surface area is 180 Å². The van der Waals surface area contributed by atoms with Crippen molar-refractivity contribution in [2.75, 3.05) is 6.54 Å². The highest BCUT2D eigenvalue weighted by atomic mass is 32.1. The van der Waals surface area contributed by atoms with Crippen molar-refractivity contribution in [2.24, 2.45) is 11.3 Å². The molecule has 1 aromatic rings. The van der Waals surface area contributed by atoms with Crippen molar-refractivity contribution in [1.29, 1.82) is 0 Å². The maximum absolute atomic E-state index is 12.9. The minimum absolute atomic E-state index is 0.0665. The average molecular weight is 418 g/mol. The number of thiol groups is 1. The van der Waals surface area contributed by atoms with Crippen LogP contribution < -0.4 is 5.32 Å². The van der Waals surface area contributed by atoms with Crippen LogP contribution in [0.2, 0.25) is 0 Å². The highest BCUT2D eigenvalue weighted by Crippen LogP contribution is 2.30. The van der Waals surface area contributed by atoms with Gasteiger partial charge in [-0.05, 0) is 50.7 Å². The molecule has 5 nitrogen and oxygen atoms in total. The van der Waals surface area contributed by atoms with E-state index in [0.29, 0.717) is 13.0 Å². The molecule has 0 aromatic carbocycles. The summed E-state index contributed by atoms with van der Waals surface area (Å²) >= 11 is 4.49. The lowest BCUT2D eigenvalue weighted by Crippen LogP contribution is -2.49. The Morgan fingerprint density at radius 2 is 1.90 bits per heavy atom. The molecule has 2 amide bonds. The van der Waals surface area contributed by atoms with E-state index in [1.165, 1.54) is 0 Å². The number of hydrogen-bond donors (Lipinski definition) is 2. The predicted octanol–water partition coefficient (Wildman–Crippen LogP) is 4.61. The van der Waals surface area contributed by atoms with Crippen LogP contribution in [0.1, 0.15) is 78.6 Å². The van der Waals surface area contributed by atoms with Crippen LogP contribution in [-0.4, -0.2) is 34.3 Å². The molecule has 0 spiro atoms. The molecule has 2 rings (SSSR count). The van der Waals surface area contributed by atoms with E-state index in [9.17, 15) is 9.59 Å². The van der Waals surface area contributed by atoms with Crippen molar-refractivity contribution < 1.29 is 9.59 Å². The summed E-state index contributed by atoms with van der Waals surface area (Å²) < 4.78 is 0. The zero-order valence-corrected chi connectivity index (χ0v) is 19.6. The fourth-order valence-electron chi connectivity index (χ4n) is 3.37. The second-order valence-electron chi connectivity index (χ2n) is 9.33. The van der Waals surface area contributed by atoms with E-state index in [4.69, 9.17) is 0 Å². The molecule has 1 fully saturated rings. The maximum Gasteiger partial charge on any atom is 0.243 e. The number of carbonyl (C=O) groups is 2. The lowest BCUT2D eigenvalue weighted by Gasteiger charge is -2.33. The average Bonchev–Trinajstić information content (AvgIpc) is 3.15. The van der Waals surface area contributed by atoms with Gasteiger partial charge in [-0.1, -0.05) is 39.3 Å². The number of nitrogens with zero attached hydrogens (tertiary/aromatic N) is 2. The molecule has 0 bridgehead atoms. The van der Waals surface area contributed by atoms with E-state index in [1.54, 1.807) is 11.1 Å². The molecule has 160 valence electrons. The summed E-state index contributed by atoms with van der Waals surface area (Å²) in [7, 11) is 0. The third kappa shape index (κ3) is 5.62. The largest absolute Gasteiger partial charge is 0.348 e. The number of hydrogen-bond acceptors (Lipinski definition) is 4. The van der Waals surface area contributed by atoms with E-state index in [-0.39, 0.29) is 29.2 Å². The minimum atomic E-state index is -0.392. The first-order valence-electron chi connectivity index (χ1n) is 10.4. The molecule has 2 heterocycles. The number of rotatable bonds is 5. The molecular formula is C23H35N3O2S. The van der Waals surface area contributed by atoms with Crippen LogP contribution in [0.25, 0.3) is 4.91 Å². The highest BCUT2D eigenvalue weighted by Gasteiger charge is 2.39. The Balaban J connectivity index is 2.07. The number of pyridine rings is 1. The summed E-state index contributed by atoms with van der Waals surface area (Å²) in [6, 6.07) is 3.31. The number of likely N-dealkylation sites (tertiary alicyclic amines) is 1. The topological polar surface area (TPSA) is 62.3 Å². The number of allylic oxidation sites excluding steroid dienone is 1. The van der Waals surface area contributed by atoms with Crippen LogP contribution in [0, 0.1) is 11.3 Å². The fourth-order valence-corrected chi connectivity index (χ4v) is 3.51. The second-order valence-corrected chi connectivity index (χ2v) is 9.78. The summed E-state index contributed by atoms with van der Waals surface area (Å²) in [4.78, 5) is 33.0. The zero-order valence-electron chi connectivity index (χ0n) is 18.7. The fraction of sp³-hybridized carbons (Fsp3) is 0.609. The van der Waals surface area contributed by atoms with Gasteiger partial charge in [0.25, 0.3) is 0 Å². The molecule has 1 N–H and O–H groups in total. The smallest absolute Gasteiger partial charge is 0.243 e. The SMILES string of the molecule is CC(C)=C(S)c1ccc(C(C)NC(=O)C2CCCN2C(=O)C(C)C(C)(C)C)cn1. The zero-order chi connectivity index (χ0) is 21.9. The highest BCUT2D eigenvalue weighted by molar-refractivity contribution is 7.90. The van der Waals surface area contributed by atoms with Crippen molar-refractivity contribution in [3.05, 3.63) is 35.2 Å². The molecule has 1 aromatic heterocycles. The van der Waals surface area contributed by atoms with Crippen molar-refractivity contribution in [2.45, 2.75) is 73.4 Å². The van der Waals surface area contributed by atoms with Gasteiger partial charge in [0, 0.05) is 23.6 Å². The normalized spacial score (nSPS) is 18.9. The van der Waals surface area contributed by atoms with Gasteiger partial charge in [0.1, 0.15) is 6.04 Å². The van der Waals surface area contributed by atoms with Crippen LogP contribution in [0.5, 0.6) is 0 Å². The molecular weight excluding hydrogens is 382 g/mol. The number of amides is 2. The molecule has 3 unspecified atom stereocenters. The monoisotopic (exact) mass is 417 g/mol. The van der Waals surface area contributed by atoms with E-state index < -0.39 is 6.04 Å². The van der Waals surface area contributed by atoms with Crippen LogP contribution >= 0.6 is 12.6 Å². The van der Waals surface area contributed by atoms with Gasteiger partial charge in [-0.3, -0.25) is 14.6 Å². The molecule has 3 atom stereocenters.